The summed E-state index contributed by atoms with van der Waals surface area (Å²) >= 11 is 6.04. The van der Waals surface area contributed by atoms with Gasteiger partial charge in [0.1, 0.15) is 18.0 Å². The average molecular weight is 348 g/mol. The monoisotopic (exact) mass is 347 g/mol. The van der Waals surface area contributed by atoms with Crippen LogP contribution in [0.5, 0.6) is 11.5 Å². The Kier molecular flexibility index (Phi) is 4.92. The second kappa shape index (κ2) is 7.11. The molecule has 1 saturated heterocycles. The Bertz CT molecular complexity index is 743. The van der Waals surface area contributed by atoms with Gasteiger partial charge in [-0.25, -0.2) is 0 Å². The highest BCUT2D eigenvalue weighted by molar-refractivity contribution is 6.30. The van der Waals surface area contributed by atoms with Crippen LogP contribution in [0.15, 0.2) is 42.5 Å². The van der Waals surface area contributed by atoms with Crippen LogP contribution in [-0.2, 0) is 0 Å². The molecule has 0 aromatic heterocycles. The molecule has 0 saturated carbocycles. The summed E-state index contributed by atoms with van der Waals surface area (Å²) in [5.41, 5.74) is 1.36. The molecule has 1 aliphatic rings. The smallest absolute Gasteiger partial charge is 0.220 e. The van der Waals surface area contributed by atoms with Crippen molar-refractivity contribution in [3.05, 3.63) is 53.1 Å². The van der Waals surface area contributed by atoms with Gasteiger partial charge in [-0.3, -0.25) is 4.79 Å². The first-order valence-corrected chi connectivity index (χ1v) is 8.30. The van der Waals surface area contributed by atoms with Gasteiger partial charge >= 0.3 is 0 Å². The number of carbonyl (C=O) groups excluding carboxylic acids is 1. The molecule has 0 atom stereocenters. The molecule has 0 unspecified atom stereocenters. The van der Waals surface area contributed by atoms with E-state index in [-0.39, 0.29) is 22.8 Å². The summed E-state index contributed by atoms with van der Waals surface area (Å²) < 4.78 is 0. The summed E-state index contributed by atoms with van der Waals surface area (Å²) in [4.78, 5) is 15.8. The Labute approximate surface area is 145 Å². The fourth-order valence-corrected chi connectivity index (χ4v) is 3.19. The minimum Gasteiger partial charge on any atom is -0.508 e. The molecule has 6 heteroatoms. The second-order valence-corrected chi connectivity index (χ2v) is 6.45. The van der Waals surface area contributed by atoms with E-state index in [4.69, 9.17) is 11.6 Å². The molecule has 5 nitrogen and oxygen atoms in total. The molecule has 126 valence electrons. The van der Waals surface area contributed by atoms with Crippen LogP contribution < -0.4 is 9.80 Å². The van der Waals surface area contributed by atoms with Gasteiger partial charge in [-0.2, -0.15) is 0 Å². The van der Waals surface area contributed by atoms with Gasteiger partial charge in [0.2, 0.25) is 5.78 Å². The number of aromatic hydroxyl groups is 2. The number of quaternary nitrogens is 1. The van der Waals surface area contributed by atoms with Gasteiger partial charge in [0, 0.05) is 16.8 Å². The number of rotatable bonds is 4. The fraction of sp³-hybridized carbons (Fsp3) is 0.278. The molecular formula is C18H20ClN2O3+. The zero-order valence-electron chi connectivity index (χ0n) is 13.2. The molecule has 2 aromatic rings. The van der Waals surface area contributed by atoms with Crippen LogP contribution in [0.3, 0.4) is 0 Å². The maximum Gasteiger partial charge on any atom is 0.220 e. The van der Waals surface area contributed by atoms with Crippen molar-refractivity contribution in [2.45, 2.75) is 0 Å². The average Bonchev–Trinajstić information content (AvgIpc) is 2.55. The number of nitrogens with one attached hydrogen (secondary N) is 1. The van der Waals surface area contributed by atoms with Crippen LogP contribution in [0.2, 0.25) is 5.02 Å². The van der Waals surface area contributed by atoms with Crippen LogP contribution in [0, 0.1) is 0 Å². The van der Waals surface area contributed by atoms with E-state index in [1.54, 1.807) is 0 Å². The van der Waals surface area contributed by atoms with E-state index in [2.05, 4.69) is 4.90 Å². The number of piperazine rings is 1. The van der Waals surface area contributed by atoms with Crippen LogP contribution >= 0.6 is 11.6 Å². The maximum atomic E-state index is 12.3. The van der Waals surface area contributed by atoms with Gasteiger partial charge in [-0.15, -0.1) is 0 Å². The van der Waals surface area contributed by atoms with Crippen molar-refractivity contribution in [3.8, 4) is 11.5 Å². The Morgan fingerprint density at radius 3 is 2.54 bits per heavy atom. The van der Waals surface area contributed by atoms with Crippen LogP contribution in [-0.4, -0.2) is 48.7 Å². The second-order valence-electron chi connectivity index (χ2n) is 6.02. The minimum absolute atomic E-state index is 0.0495. The molecule has 24 heavy (non-hydrogen) atoms. The SMILES string of the molecule is O=C(C[NH+]1CCN(c2cccc(Cl)c2)CC1)c1ccc(O)cc1O. The summed E-state index contributed by atoms with van der Waals surface area (Å²) in [6.45, 7) is 3.73. The van der Waals surface area contributed by atoms with Gasteiger partial charge in [0.05, 0.1) is 31.7 Å². The van der Waals surface area contributed by atoms with Crippen molar-refractivity contribution in [1.82, 2.24) is 0 Å². The standard InChI is InChI=1S/C18H19ClN2O3/c19-13-2-1-3-14(10-13)21-8-6-20(7-9-21)12-18(24)16-5-4-15(22)11-17(16)23/h1-5,10-11,22-23H,6-9,12H2/p+1. The van der Waals surface area contributed by atoms with E-state index in [0.717, 1.165) is 36.9 Å². The summed E-state index contributed by atoms with van der Waals surface area (Å²) in [6.07, 6.45) is 0. The third kappa shape index (κ3) is 3.80. The van der Waals surface area contributed by atoms with E-state index in [0.29, 0.717) is 6.54 Å². The molecule has 0 bridgehead atoms. The lowest BCUT2D eigenvalue weighted by Crippen LogP contribution is -3.15. The number of hydrogen-bond acceptors (Lipinski definition) is 4. The first kappa shape index (κ1) is 16.6. The molecule has 0 aliphatic carbocycles. The van der Waals surface area contributed by atoms with Crippen molar-refractivity contribution in [2.75, 3.05) is 37.6 Å². The van der Waals surface area contributed by atoms with Gasteiger partial charge in [-0.1, -0.05) is 17.7 Å². The quantitative estimate of drug-likeness (QED) is 0.730. The molecule has 3 rings (SSSR count). The number of phenolic OH excluding ortho intramolecular Hbond substituents is 2. The highest BCUT2D eigenvalue weighted by atomic mass is 35.5. The lowest BCUT2D eigenvalue weighted by atomic mass is 10.1. The number of ketones is 1. The fourth-order valence-electron chi connectivity index (χ4n) is 3.01. The van der Waals surface area contributed by atoms with Crippen molar-refractivity contribution in [2.24, 2.45) is 0 Å². The third-order valence-corrected chi connectivity index (χ3v) is 4.57. The highest BCUT2D eigenvalue weighted by Crippen LogP contribution is 2.22. The van der Waals surface area contributed by atoms with E-state index in [1.165, 1.54) is 23.1 Å². The van der Waals surface area contributed by atoms with E-state index in [9.17, 15) is 15.0 Å². The number of carbonyl (C=O) groups is 1. The number of Topliss-reactive ketones (excluding diaryl/α,β-unsaturated/α-hetero) is 1. The number of benzene rings is 2. The molecule has 0 amide bonds. The first-order valence-electron chi connectivity index (χ1n) is 7.92. The zero-order chi connectivity index (χ0) is 17.1. The molecule has 1 heterocycles. The molecular weight excluding hydrogens is 328 g/mol. The molecule has 0 radical (unpaired) electrons. The van der Waals surface area contributed by atoms with Crippen molar-refractivity contribution in [3.63, 3.8) is 0 Å². The van der Waals surface area contributed by atoms with Gasteiger partial charge in [0.15, 0.2) is 0 Å². The molecule has 0 spiro atoms. The minimum atomic E-state index is -0.169. The number of phenols is 2. The number of nitrogens with zero attached hydrogens (tertiary/aromatic N) is 1. The molecule has 3 N–H and O–H groups in total. The first-order chi connectivity index (χ1) is 11.5. The zero-order valence-corrected chi connectivity index (χ0v) is 14.0. The normalized spacial score (nSPS) is 15.5. The van der Waals surface area contributed by atoms with E-state index in [1.807, 2.05) is 24.3 Å². The molecule has 2 aromatic carbocycles. The number of halogens is 1. The lowest BCUT2D eigenvalue weighted by Gasteiger charge is -2.33. The Morgan fingerprint density at radius 1 is 1.12 bits per heavy atom. The van der Waals surface area contributed by atoms with Crippen molar-refractivity contribution >= 4 is 23.1 Å². The summed E-state index contributed by atoms with van der Waals surface area (Å²) in [7, 11) is 0. The van der Waals surface area contributed by atoms with Crippen LogP contribution in [0.25, 0.3) is 0 Å². The van der Waals surface area contributed by atoms with Gasteiger partial charge in [-0.05, 0) is 30.3 Å². The number of anilines is 1. The topological polar surface area (TPSA) is 65.2 Å². The summed E-state index contributed by atoms with van der Waals surface area (Å²) in [5.74, 6) is -0.331. The van der Waals surface area contributed by atoms with Gasteiger partial charge < -0.3 is 20.0 Å². The summed E-state index contributed by atoms with van der Waals surface area (Å²) in [6, 6.07) is 11.9. The number of hydrogen-bond donors (Lipinski definition) is 3. The van der Waals surface area contributed by atoms with Crippen molar-refractivity contribution in [1.29, 1.82) is 0 Å². The maximum absolute atomic E-state index is 12.3. The largest absolute Gasteiger partial charge is 0.508 e. The molecule has 1 fully saturated rings. The van der Waals surface area contributed by atoms with Crippen LogP contribution in [0.4, 0.5) is 5.69 Å². The molecule has 1 aliphatic heterocycles. The predicted molar refractivity (Wildman–Crippen MR) is 93.3 cm³/mol. The Morgan fingerprint density at radius 2 is 1.88 bits per heavy atom. The summed E-state index contributed by atoms with van der Waals surface area (Å²) in [5, 5.41) is 19.8. The Balaban J connectivity index is 1.58. The van der Waals surface area contributed by atoms with Gasteiger partial charge in [0.25, 0.3) is 0 Å². The highest BCUT2D eigenvalue weighted by Gasteiger charge is 2.24. The van der Waals surface area contributed by atoms with Crippen molar-refractivity contribution < 1.29 is 19.9 Å². The predicted octanol–water partition coefficient (Wildman–Crippen LogP) is 1.34. The lowest BCUT2D eigenvalue weighted by molar-refractivity contribution is -0.892. The van der Waals surface area contributed by atoms with E-state index >= 15 is 0 Å². The van der Waals surface area contributed by atoms with Crippen LogP contribution in [0.1, 0.15) is 10.4 Å². The Hall–Kier alpha value is -2.24. The van der Waals surface area contributed by atoms with E-state index < -0.39 is 0 Å². The third-order valence-electron chi connectivity index (χ3n) is 4.34.